The summed E-state index contributed by atoms with van der Waals surface area (Å²) in [4.78, 5) is 39.5. The number of aromatic nitrogens is 1. The number of carboxylic acids is 2. The van der Waals surface area contributed by atoms with Crippen LogP contribution in [0.3, 0.4) is 0 Å². The molecule has 202 valence electrons. The molecule has 0 bridgehead atoms. The molecule has 5 N–H and O–H groups in total. The Hall–Kier alpha value is -3.72. The maximum Gasteiger partial charge on any atom is 0.303 e. The van der Waals surface area contributed by atoms with Crippen LogP contribution in [0.15, 0.2) is 63.8 Å². The van der Waals surface area contributed by atoms with E-state index in [0.29, 0.717) is 25.7 Å². The lowest BCUT2D eigenvalue weighted by atomic mass is 10.0. The predicted octanol–water partition coefficient (Wildman–Crippen LogP) is 4.82. The van der Waals surface area contributed by atoms with Crippen molar-refractivity contribution in [3.63, 3.8) is 0 Å². The minimum atomic E-state index is -0.873. The van der Waals surface area contributed by atoms with Crippen molar-refractivity contribution in [2.45, 2.75) is 57.3 Å². The van der Waals surface area contributed by atoms with Gasteiger partial charge in [0.2, 0.25) is 0 Å². The molecule has 2 heterocycles. The van der Waals surface area contributed by atoms with Crippen LogP contribution in [-0.4, -0.2) is 45.8 Å². The van der Waals surface area contributed by atoms with Gasteiger partial charge >= 0.3 is 11.9 Å². The van der Waals surface area contributed by atoms with E-state index in [-0.39, 0.29) is 18.7 Å². The Labute approximate surface area is 227 Å². The number of benzene rings is 1. The topological polar surface area (TPSA) is 132 Å². The van der Waals surface area contributed by atoms with Crippen molar-refractivity contribution in [2.75, 3.05) is 12.8 Å². The number of carbonyl (C=O) groups excluding carboxylic acids is 1. The van der Waals surface area contributed by atoms with Gasteiger partial charge in [-0.15, -0.1) is 11.8 Å². The smallest absolute Gasteiger partial charge is 0.303 e. The lowest BCUT2D eigenvalue weighted by molar-refractivity contribution is -0.137. The summed E-state index contributed by atoms with van der Waals surface area (Å²) in [5.41, 5.74) is 6.82. The third-order valence-electron chi connectivity index (χ3n) is 6.56. The quantitative estimate of drug-likeness (QED) is 0.218. The Morgan fingerprint density at radius 3 is 2.42 bits per heavy atom. The second-order valence-electron chi connectivity index (χ2n) is 9.13. The molecule has 1 aromatic carbocycles. The predicted molar refractivity (Wildman–Crippen MR) is 150 cm³/mol. The number of hydrogen-bond donors (Lipinski definition) is 5. The van der Waals surface area contributed by atoms with Crippen LogP contribution in [0.5, 0.6) is 0 Å². The van der Waals surface area contributed by atoms with Crippen LogP contribution in [0.4, 0.5) is 0 Å². The lowest BCUT2D eigenvalue weighted by Crippen LogP contribution is -2.16. The van der Waals surface area contributed by atoms with Gasteiger partial charge in [-0.05, 0) is 68.0 Å². The number of aromatic amines is 1. The number of carboxylic acid groups (broad SMARTS) is 2. The first kappa shape index (κ1) is 28.8. The molecule has 0 fully saturated rings. The first-order chi connectivity index (χ1) is 18.2. The Morgan fingerprint density at radius 2 is 1.76 bits per heavy atom. The molecule has 0 saturated carbocycles. The number of nitrogens with one attached hydrogen (secondary N) is 3. The van der Waals surface area contributed by atoms with Gasteiger partial charge in [0.05, 0.1) is 0 Å². The number of thioether (sulfide) groups is 1. The summed E-state index contributed by atoms with van der Waals surface area (Å²) in [7, 11) is 1.78. The van der Waals surface area contributed by atoms with Gasteiger partial charge in [-0.2, -0.15) is 0 Å². The van der Waals surface area contributed by atoms with E-state index < -0.39 is 11.9 Å². The zero-order valence-electron chi connectivity index (χ0n) is 22.0. The summed E-state index contributed by atoms with van der Waals surface area (Å²) in [5.74, 6) is -1.02. The van der Waals surface area contributed by atoms with E-state index in [9.17, 15) is 19.5 Å². The van der Waals surface area contributed by atoms with Gasteiger partial charge in [0.15, 0.2) is 0 Å². The molecule has 9 heteroatoms. The first-order valence-corrected chi connectivity index (χ1v) is 13.6. The van der Waals surface area contributed by atoms with Crippen molar-refractivity contribution in [3.05, 3.63) is 81.5 Å². The number of likely N-dealkylation sites (N-methyl/N-ethyl adjacent to an activating group) is 1. The molecule has 1 aliphatic rings. The Kier molecular flexibility index (Phi) is 10.4. The summed E-state index contributed by atoms with van der Waals surface area (Å²) in [6, 6.07) is 10.1. The summed E-state index contributed by atoms with van der Waals surface area (Å²) in [5, 5.41) is 24.3. The number of hydrogen-bond acceptors (Lipinski definition) is 5. The number of carbonyl (C=O) groups is 3. The van der Waals surface area contributed by atoms with Gasteiger partial charge in [-0.25, -0.2) is 0 Å². The molecule has 0 aliphatic carbocycles. The third kappa shape index (κ3) is 7.89. The Balaban J connectivity index is 1.84. The monoisotopic (exact) mass is 537 g/mol. The molecule has 0 spiro atoms. The number of allylic oxidation sites excluding steroid dienone is 3. The maximum absolute atomic E-state index is 12.7. The van der Waals surface area contributed by atoms with Crippen LogP contribution in [-0.2, 0) is 27.2 Å². The fraction of sp³-hybridized carbons (Fsp3) is 0.345. The number of H-pyrrole nitrogens is 1. The van der Waals surface area contributed by atoms with Crippen molar-refractivity contribution < 1.29 is 24.6 Å². The summed E-state index contributed by atoms with van der Waals surface area (Å²) in [6.07, 6.45) is 5.71. The van der Waals surface area contributed by atoms with Gasteiger partial charge in [-0.3, -0.25) is 14.4 Å². The summed E-state index contributed by atoms with van der Waals surface area (Å²) >= 11 is 1.72. The largest absolute Gasteiger partial charge is 0.481 e. The minimum Gasteiger partial charge on any atom is -0.481 e. The molecular formula is C29H35N3O5S. The molecule has 0 saturated heterocycles. The van der Waals surface area contributed by atoms with Crippen molar-refractivity contribution in [3.8, 4) is 0 Å². The molecule has 38 heavy (non-hydrogen) atoms. The lowest BCUT2D eigenvalue weighted by Gasteiger charge is -2.09. The van der Waals surface area contributed by atoms with E-state index in [1.165, 1.54) is 4.90 Å². The van der Waals surface area contributed by atoms with Crippen molar-refractivity contribution in [1.82, 2.24) is 15.6 Å². The number of aliphatic carboxylic acids is 2. The maximum atomic E-state index is 12.7. The van der Waals surface area contributed by atoms with Gasteiger partial charge in [-0.1, -0.05) is 24.3 Å². The average molecular weight is 538 g/mol. The summed E-state index contributed by atoms with van der Waals surface area (Å²) in [6.45, 7) is 3.89. The molecule has 1 aromatic heterocycles. The van der Waals surface area contributed by atoms with Crippen LogP contribution < -0.4 is 10.6 Å². The van der Waals surface area contributed by atoms with E-state index in [1.807, 2.05) is 44.2 Å². The van der Waals surface area contributed by atoms with Crippen LogP contribution in [0.25, 0.3) is 6.08 Å². The van der Waals surface area contributed by atoms with Crippen molar-refractivity contribution >= 4 is 35.7 Å². The van der Waals surface area contributed by atoms with Crippen LogP contribution >= 0.6 is 11.8 Å². The van der Waals surface area contributed by atoms with Crippen molar-refractivity contribution in [1.29, 1.82) is 0 Å². The molecule has 0 radical (unpaired) electrons. The zero-order chi connectivity index (χ0) is 27.7. The van der Waals surface area contributed by atoms with E-state index in [4.69, 9.17) is 5.11 Å². The van der Waals surface area contributed by atoms with E-state index in [0.717, 1.165) is 50.8 Å². The standard InChI is InChI=1S/C29H35N3O5S/c1-18-22(12-13-28(35)36)26(16-20(30-3)8-7-11-27(33)34)31-24(18)17-25-19(2)23(29(37)32-25)14-15-38-21-9-5-4-6-10-21/h4-6,8-10,17,30-31H,7,11-16H2,1-3H3,(H,32,37)(H,33,34)(H,35,36)/b20-8+,25-17-. The molecule has 8 nitrogen and oxygen atoms in total. The van der Waals surface area contributed by atoms with Crippen molar-refractivity contribution in [2.24, 2.45) is 0 Å². The highest BCUT2D eigenvalue weighted by Gasteiger charge is 2.25. The highest BCUT2D eigenvalue weighted by Crippen LogP contribution is 2.30. The number of amides is 1. The Morgan fingerprint density at radius 1 is 1.05 bits per heavy atom. The van der Waals surface area contributed by atoms with E-state index >= 15 is 0 Å². The molecule has 1 aliphatic heterocycles. The fourth-order valence-corrected chi connectivity index (χ4v) is 5.30. The second-order valence-corrected chi connectivity index (χ2v) is 10.3. The zero-order valence-corrected chi connectivity index (χ0v) is 22.8. The van der Waals surface area contributed by atoms with Gasteiger partial charge in [0.1, 0.15) is 0 Å². The molecule has 3 rings (SSSR count). The minimum absolute atomic E-state index is 0.00177. The first-order valence-electron chi connectivity index (χ1n) is 12.6. The highest BCUT2D eigenvalue weighted by molar-refractivity contribution is 7.99. The highest BCUT2D eigenvalue weighted by atomic mass is 32.2. The van der Waals surface area contributed by atoms with E-state index in [2.05, 4.69) is 27.8 Å². The molecule has 0 unspecified atom stereocenters. The molecule has 1 amide bonds. The SMILES string of the molecule is CN/C(=C/CCC(=O)O)Cc1[nH]c(/C=C2\NC(=O)C(CCSc3ccccc3)=C2C)c(C)c1CCC(=O)O. The second kappa shape index (κ2) is 13.7. The normalized spacial score (nSPS) is 14.8. The van der Waals surface area contributed by atoms with Crippen LogP contribution in [0.2, 0.25) is 0 Å². The van der Waals surface area contributed by atoms with E-state index in [1.54, 1.807) is 18.8 Å². The van der Waals surface area contributed by atoms with Gasteiger partial charge < -0.3 is 25.8 Å². The molecule has 2 aromatic rings. The van der Waals surface area contributed by atoms with Crippen LogP contribution in [0, 0.1) is 6.92 Å². The third-order valence-corrected chi connectivity index (χ3v) is 7.58. The van der Waals surface area contributed by atoms with Crippen LogP contribution in [0.1, 0.15) is 55.1 Å². The van der Waals surface area contributed by atoms with Gasteiger partial charge in [0, 0.05) is 65.3 Å². The summed E-state index contributed by atoms with van der Waals surface area (Å²) < 4.78 is 0. The molecule has 0 atom stereocenters. The molecular weight excluding hydrogens is 502 g/mol. The fourth-order valence-electron chi connectivity index (χ4n) is 4.41. The Bertz CT molecular complexity index is 1270. The number of rotatable bonds is 14. The average Bonchev–Trinajstić information content (AvgIpc) is 3.31. The van der Waals surface area contributed by atoms with Gasteiger partial charge in [0.25, 0.3) is 5.91 Å².